The van der Waals surface area contributed by atoms with Crippen molar-refractivity contribution < 1.29 is 14.6 Å². The highest BCUT2D eigenvalue weighted by Crippen LogP contribution is 2.29. The van der Waals surface area contributed by atoms with Gasteiger partial charge in [0.2, 0.25) is 0 Å². The lowest BCUT2D eigenvalue weighted by molar-refractivity contribution is -0.139. The average molecular weight is 450 g/mol. The molecular weight excluding hydrogens is 418 g/mol. The maximum Gasteiger partial charge on any atom is 0.164 e. The molecule has 2 aromatic heterocycles. The Morgan fingerprint density at radius 3 is 2.52 bits per heavy atom. The van der Waals surface area contributed by atoms with Crippen molar-refractivity contribution in [1.29, 1.82) is 0 Å². The summed E-state index contributed by atoms with van der Waals surface area (Å²) in [5.74, 6) is 2.96. The Morgan fingerprint density at radius 2 is 1.88 bits per heavy atom. The Labute approximate surface area is 194 Å². The number of hydrogen-bond donors (Lipinski definition) is 3. The van der Waals surface area contributed by atoms with E-state index in [1.54, 1.807) is 7.11 Å². The number of piperidine rings is 1. The molecule has 3 heterocycles. The van der Waals surface area contributed by atoms with Crippen LogP contribution in [0, 0.1) is 13.8 Å². The number of aliphatic hydroxyl groups is 1. The van der Waals surface area contributed by atoms with Crippen molar-refractivity contribution in [3.05, 3.63) is 59.3 Å². The summed E-state index contributed by atoms with van der Waals surface area (Å²) in [6.45, 7) is 5.11. The fourth-order valence-electron chi connectivity index (χ4n) is 4.16. The number of carbonyl (C=O) groups excluding carboxylic acids is 1. The molecule has 0 aliphatic carbocycles. The van der Waals surface area contributed by atoms with Crippen LogP contribution in [-0.2, 0) is 11.2 Å². The summed E-state index contributed by atoms with van der Waals surface area (Å²) in [5, 5.41) is 21.4. The molecule has 0 atom stereocenters. The van der Waals surface area contributed by atoms with E-state index in [1.165, 1.54) is 0 Å². The number of ketones is 1. The van der Waals surface area contributed by atoms with Gasteiger partial charge >= 0.3 is 0 Å². The van der Waals surface area contributed by atoms with Gasteiger partial charge in [0, 0.05) is 44.1 Å². The van der Waals surface area contributed by atoms with Crippen molar-refractivity contribution in [2.45, 2.75) is 45.1 Å². The summed E-state index contributed by atoms with van der Waals surface area (Å²) in [5.41, 5.74) is 1.82. The van der Waals surface area contributed by atoms with Gasteiger partial charge in [-0.15, -0.1) is 0 Å². The number of anilines is 3. The summed E-state index contributed by atoms with van der Waals surface area (Å²) >= 11 is 0. The van der Waals surface area contributed by atoms with Crippen LogP contribution in [0.5, 0.6) is 5.75 Å². The number of aryl methyl sites for hydroxylation is 3. The number of methoxy groups -OCH3 is 1. The van der Waals surface area contributed by atoms with Gasteiger partial charge < -0.3 is 20.1 Å². The molecule has 33 heavy (non-hydrogen) atoms. The highest BCUT2D eigenvalue weighted by Gasteiger charge is 2.38. The number of carbonyl (C=O) groups is 1. The van der Waals surface area contributed by atoms with Crippen LogP contribution in [-0.4, -0.2) is 51.9 Å². The van der Waals surface area contributed by atoms with Crippen LogP contribution in [0.2, 0.25) is 0 Å². The van der Waals surface area contributed by atoms with E-state index in [0.717, 1.165) is 28.4 Å². The molecule has 1 fully saturated rings. The van der Waals surface area contributed by atoms with Crippen molar-refractivity contribution in [2.24, 2.45) is 0 Å². The highest BCUT2D eigenvalue weighted by molar-refractivity contribution is 5.87. The van der Waals surface area contributed by atoms with E-state index in [1.807, 2.05) is 56.3 Å². The zero-order valence-electron chi connectivity index (χ0n) is 19.4. The lowest BCUT2D eigenvalue weighted by Crippen LogP contribution is -2.49. The molecule has 1 aromatic carbocycles. The maximum absolute atomic E-state index is 12.8. The van der Waals surface area contributed by atoms with Gasteiger partial charge in [-0.25, -0.2) is 4.98 Å². The molecule has 0 radical (unpaired) electrons. The molecule has 0 spiro atoms. The fourth-order valence-corrected chi connectivity index (χ4v) is 4.16. The monoisotopic (exact) mass is 449 g/mol. The van der Waals surface area contributed by atoms with Crippen LogP contribution in [0.4, 0.5) is 17.5 Å². The third-order valence-corrected chi connectivity index (χ3v) is 6.15. The first-order valence-electron chi connectivity index (χ1n) is 11.3. The number of aromatic nitrogens is 3. The zero-order valence-corrected chi connectivity index (χ0v) is 19.4. The van der Waals surface area contributed by atoms with Crippen molar-refractivity contribution in [1.82, 2.24) is 15.2 Å². The van der Waals surface area contributed by atoms with Crippen LogP contribution in [0.15, 0.2) is 42.5 Å². The molecule has 0 amide bonds. The van der Waals surface area contributed by atoms with E-state index in [9.17, 15) is 9.90 Å². The average Bonchev–Trinajstić information content (AvgIpc) is 3.22. The largest absolute Gasteiger partial charge is 0.497 e. The number of H-pyrrole nitrogens is 1. The quantitative estimate of drug-likeness (QED) is 0.482. The molecule has 0 bridgehead atoms. The van der Waals surface area contributed by atoms with Crippen LogP contribution >= 0.6 is 0 Å². The predicted molar refractivity (Wildman–Crippen MR) is 128 cm³/mol. The fraction of sp³-hybridized carbons (Fsp3) is 0.400. The normalized spacial score (nSPS) is 15.3. The summed E-state index contributed by atoms with van der Waals surface area (Å²) in [4.78, 5) is 19.7. The van der Waals surface area contributed by atoms with Crippen molar-refractivity contribution in [3.63, 3.8) is 0 Å². The Morgan fingerprint density at radius 1 is 1.15 bits per heavy atom. The molecule has 0 unspecified atom stereocenters. The molecule has 0 saturated carbocycles. The molecule has 8 nitrogen and oxygen atoms in total. The van der Waals surface area contributed by atoms with E-state index in [0.29, 0.717) is 50.4 Å². The molecule has 1 aliphatic heterocycles. The molecule has 1 saturated heterocycles. The predicted octanol–water partition coefficient (Wildman–Crippen LogP) is 3.71. The van der Waals surface area contributed by atoms with Gasteiger partial charge in [0.15, 0.2) is 11.6 Å². The Kier molecular flexibility index (Phi) is 6.65. The minimum atomic E-state index is -1.28. The summed E-state index contributed by atoms with van der Waals surface area (Å²) in [7, 11) is 1.63. The molecule has 3 N–H and O–H groups in total. The van der Waals surface area contributed by atoms with Gasteiger partial charge in [-0.2, -0.15) is 5.10 Å². The van der Waals surface area contributed by atoms with Gasteiger partial charge in [0.1, 0.15) is 23.0 Å². The number of ether oxygens (including phenoxy) is 1. The van der Waals surface area contributed by atoms with Crippen molar-refractivity contribution in [2.75, 3.05) is 30.4 Å². The molecule has 1 aliphatic rings. The molecular formula is C25H31N5O3. The van der Waals surface area contributed by atoms with Gasteiger partial charge in [0.25, 0.3) is 0 Å². The minimum Gasteiger partial charge on any atom is -0.497 e. The van der Waals surface area contributed by atoms with Crippen LogP contribution in [0.3, 0.4) is 0 Å². The number of pyridine rings is 1. The number of hydrogen-bond acceptors (Lipinski definition) is 7. The van der Waals surface area contributed by atoms with Crippen LogP contribution in [0.1, 0.15) is 36.1 Å². The first kappa shape index (κ1) is 22.8. The van der Waals surface area contributed by atoms with E-state index >= 15 is 0 Å². The summed E-state index contributed by atoms with van der Waals surface area (Å²) in [6, 6.07) is 13.6. The molecule has 8 heteroatoms. The van der Waals surface area contributed by atoms with E-state index in [-0.39, 0.29) is 5.78 Å². The zero-order chi connectivity index (χ0) is 23.4. The Balaban J connectivity index is 1.35. The number of nitrogens with zero attached hydrogens (tertiary/aromatic N) is 3. The van der Waals surface area contributed by atoms with Gasteiger partial charge in [-0.3, -0.25) is 9.89 Å². The molecule has 4 rings (SSSR count). The van der Waals surface area contributed by atoms with Crippen LogP contribution in [0.25, 0.3) is 0 Å². The first-order chi connectivity index (χ1) is 15.8. The smallest absolute Gasteiger partial charge is 0.164 e. The summed E-state index contributed by atoms with van der Waals surface area (Å²) in [6.07, 6.45) is 1.72. The SMILES string of the molecule is COc1ccc(CCC(=O)C2(O)CCN(c3cc(C)cc(Nc4cc(C)[nH]n4)n3)CC2)cc1. The van der Waals surface area contributed by atoms with E-state index in [2.05, 4.69) is 20.4 Å². The lowest BCUT2D eigenvalue weighted by atomic mass is 9.84. The lowest BCUT2D eigenvalue weighted by Gasteiger charge is -2.38. The van der Waals surface area contributed by atoms with Crippen molar-refractivity contribution >= 4 is 23.2 Å². The second kappa shape index (κ2) is 9.62. The topological polar surface area (TPSA) is 103 Å². The van der Waals surface area contributed by atoms with Crippen molar-refractivity contribution in [3.8, 4) is 5.75 Å². The number of Topliss-reactive ketones (excluding diaryl/α,β-unsaturated/α-hetero) is 1. The maximum atomic E-state index is 12.8. The Hall–Kier alpha value is -3.39. The molecule has 3 aromatic rings. The first-order valence-corrected chi connectivity index (χ1v) is 11.3. The minimum absolute atomic E-state index is 0.0913. The second-order valence-corrected chi connectivity index (χ2v) is 8.74. The second-order valence-electron chi connectivity index (χ2n) is 8.74. The standard InChI is InChI=1S/C25H31N5O3/c1-17-14-22(26-23-16-18(2)28-29-23)27-24(15-17)30-12-10-25(32,11-13-30)21(31)9-6-19-4-7-20(33-3)8-5-19/h4-5,7-8,14-16,32H,6,9-13H2,1-3H3,(H2,26,27,28,29). The van der Waals surface area contributed by atoms with Gasteiger partial charge in [-0.05, 0) is 55.7 Å². The third-order valence-electron chi connectivity index (χ3n) is 6.15. The Bertz CT molecular complexity index is 1100. The number of benzene rings is 1. The van der Waals surface area contributed by atoms with E-state index < -0.39 is 5.60 Å². The van der Waals surface area contributed by atoms with E-state index in [4.69, 9.17) is 9.72 Å². The van der Waals surface area contributed by atoms with Gasteiger partial charge in [-0.1, -0.05) is 12.1 Å². The molecule has 174 valence electrons. The third kappa shape index (κ3) is 5.51. The number of nitrogens with one attached hydrogen (secondary N) is 2. The summed E-state index contributed by atoms with van der Waals surface area (Å²) < 4.78 is 5.17. The number of aromatic amines is 1. The number of rotatable bonds is 8. The van der Waals surface area contributed by atoms with Gasteiger partial charge in [0.05, 0.1) is 7.11 Å². The van der Waals surface area contributed by atoms with Crippen LogP contribution < -0.4 is 15.0 Å². The highest BCUT2D eigenvalue weighted by atomic mass is 16.5.